The Morgan fingerprint density at radius 2 is 0.715 bits per heavy atom. The molecule has 12 rings (SSSR count). The minimum Gasteiger partial charge on any atom is -0.441 e. The molecule has 6 amide bonds. The number of alkyl carbamates (subject to hydrolysis) is 3. The lowest BCUT2D eigenvalue weighted by Gasteiger charge is -2.62. The number of ether oxygens (including phenoxy) is 3. The highest BCUT2D eigenvalue weighted by Crippen LogP contribution is 2.75. The van der Waals surface area contributed by atoms with Crippen LogP contribution in [0.15, 0.2) is 71.4 Å². The van der Waals surface area contributed by atoms with E-state index >= 15 is 13.2 Å². The first-order valence-electron chi connectivity index (χ1n) is 50.2. The van der Waals surface area contributed by atoms with Crippen LogP contribution in [0.3, 0.4) is 0 Å². The molecule has 0 bridgehead atoms. The molecule has 33 nitrogen and oxygen atoms in total. The number of rotatable bonds is 40. The molecule has 810 valence electrons. The molecule has 9 fully saturated rings. The van der Waals surface area contributed by atoms with Gasteiger partial charge in [-0.05, 0) is 190 Å². The van der Waals surface area contributed by atoms with Crippen molar-refractivity contribution in [2.45, 2.75) is 277 Å². The number of hydrogen-bond donors (Lipinski definition) is 15. The summed E-state index contributed by atoms with van der Waals surface area (Å²) in [4.78, 5) is 184. The maximum atomic E-state index is 17.3. The quantitative estimate of drug-likeness (QED) is 0.0154. The Kier molecular flexibility index (Phi) is 43.9. The molecular formula is C102H156F3N9O24S6. The Morgan fingerprint density at radius 3 is 1.01 bits per heavy atom. The van der Waals surface area contributed by atoms with Gasteiger partial charge in [-0.25, -0.2) is 27.6 Å². The van der Waals surface area contributed by atoms with Crippen molar-refractivity contribution in [3.8, 4) is 0 Å². The molecule has 12 aliphatic carbocycles. The Hall–Kier alpha value is -6.78. The molecule has 12 aliphatic rings. The minimum absolute atomic E-state index is 0.0197. The molecule has 144 heavy (non-hydrogen) atoms. The number of aliphatic hydroxyl groups is 6. The number of primary amides is 3. The number of nitrogens with two attached hydrogens (primary N) is 6. The summed E-state index contributed by atoms with van der Waals surface area (Å²) < 4.78 is 66.8. The summed E-state index contributed by atoms with van der Waals surface area (Å²) >= 11 is 0. The van der Waals surface area contributed by atoms with Crippen molar-refractivity contribution in [1.82, 2.24) is 16.0 Å². The third-order valence-corrected chi connectivity index (χ3v) is 41.9. The summed E-state index contributed by atoms with van der Waals surface area (Å²) in [5.74, 6) is -9.85. The highest BCUT2D eigenvalue weighted by Gasteiger charge is 2.80. The van der Waals surface area contributed by atoms with Crippen LogP contribution in [-0.2, 0) is 71.7 Å². The number of carbonyl (C=O) groups is 15. The second kappa shape index (κ2) is 50.9. The van der Waals surface area contributed by atoms with Gasteiger partial charge >= 0.3 is 18.3 Å². The number of alkyl halides is 3. The number of Topliss-reactive ketones (excluding diaryl/α,β-unsaturated/α-hetero) is 6. The van der Waals surface area contributed by atoms with Gasteiger partial charge in [-0.1, -0.05) is 183 Å². The van der Waals surface area contributed by atoms with E-state index in [1.165, 1.54) is 101 Å². The van der Waals surface area contributed by atoms with E-state index in [1.54, 1.807) is 94.4 Å². The first-order chi connectivity index (χ1) is 67.4. The van der Waals surface area contributed by atoms with E-state index in [0.717, 1.165) is 0 Å². The van der Waals surface area contributed by atoms with Crippen LogP contribution in [0.1, 0.15) is 220 Å². The molecule has 0 heterocycles. The van der Waals surface area contributed by atoms with E-state index in [-0.39, 0.29) is 112 Å². The number of halogens is 3. The van der Waals surface area contributed by atoms with Gasteiger partial charge in [-0.2, -0.15) is 0 Å². The van der Waals surface area contributed by atoms with Crippen molar-refractivity contribution in [2.75, 3.05) is 87.9 Å². The SMILES string of the molecule is CC.CC.CC.C[C@@H]1C[C@H]2[C@@H]3CCC4=CC(=O)C=C[C@]4(C)[C@@]3(F)[C@@H](O)C[C@]2(C)[C@@]1(O)C(=O)COC(=O)NCCSSC(C)(C)C(CC(=O)CN)C(N)=O.C[C@@H]1C[C@H]2[C@@H]3CCC4=CC(=O)C=C[C@]4(C)[C@@]3(F)[C@@H](O)C[C@]2(C)[C@@]1(O)C(=O)COC(=O)NCCSSCC(CC(=O)CN)C(N)=O.C[C@@H]1C[C@H]2[C@@H]3CCC4=CC(=O)C=C[C@]4(C)[C@@]3(F)[C@@H](O)C[C@]2(C)[C@@]1(O)C(=O)COC(=O)NCCSSCCC(CC(=O)CN)C(N)=O. The fraction of sp³-hybridized carbons (Fsp3) is 0.735. The first kappa shape index (κ1) is 124. The van der Waals surface area contributed by atoms with Gasteiger partial charge in [0.25, 0.3) is 0 Å². The summed E-state index contributed by atoms with van der Waals surface area (Å²) in [5, 5.41) is 78.1. The predicted octanol–water partition coefficient (Wildman–Crippen LogP) is 10.3. The molecule has 0 aromatic carbocycles. The lowest BCUT2D eigenvalue weighted by molar-refractivity contribution is -0.219. The molecular weight excluding hydrogens is 1980 g/mol. The zero-order valence-electron chi connectivity index (χ0n) is 86.1. The Morgan fingerprint density at radius 1 is 0.431 bits per heavy atom. The van der Waals surface area contributed by atoms with Gasteiger partial charge < -0.3 is 95.2 Å². The standard InChI is InChI=1S/C33H48FN3O8S2.C32H46FN3O8S2.C31H44FN3O8S2.3C2H6/c1-18-12-23-22-7-6-19-13-20(38)8-9-30(19,4)32(22,34)25(40)15-31(23,5)33(18,44)26(41)17-45-28(43)37-10-11-46-47-29(2,3)24(27(36)42)14-21(39)16-35;1-18-12-24-23-5-4-20-14-21(37)6-8-29(20,2)31(23,33)25(39)15-30(24,3)32(18,43)26(40)17-44-28(42)36-9-11-46-45-10-7-19(27(35)41)13-22(38)16-34;1-17-10-23-22-5-4-19-12-20(36)6-7-28(19,2)30(22,32)24(38)13-29(23,3)31(17,42)25(39)15-43-27(41)35-8-9-44-45-16-18(26(34)40)11-21(37)14-33;3*1-2/h8-9,13,18,22-25,40,44H,6-7,10-12,14-17,35H2,1-5H3,(H2,36,42)(H,37,43);6,8,14,18-19,23-25,39,43H,4-5,7,9-13,15-17,34H2,1-3H3,(H2,35,41)(H,36,42);6-7,12,17-18,22-24,38,42H,4-5,8-11,13-16,33H2,1-3H3,(H2,34,40)(H,35,41);3*1-2H3/t18-,22+,23+,24?,25+,30+,31+,32+,33+;18-,19?,23+,24+,25+,29+,30+,31+,32+;17-,18?,22+,23+,24+,28+,29+,30+,31+;;;/m111.../s1. The smallest absolute Gasteiger partial charge is 0.407 e. The zero-order chi connectivity index (χ0) is 109. The number of amides is 6. The molecule has 0 spiro atoms. The average Bonchev–Trinajstić information content (AvgIpc) is 1.47. The van der Waals surface area contributed by atoms with E-state index < -0.39 is 234 Å². The van der Waals surface area contributed by atoms with Crippen molar-refractivity contribution < 1.29 is 130 Å². The molecule has 0 aliphatic heterocycles. The van der Waals surface area contributed by atoms with Crippen LogP contribution >= 0.6 is 64.8 Å². The third-order valence-electron chi connectivity index (χ3n) is 33.6. The number of aliphatic hydroxyl groups excluding tert-OH is 3. The number of carbonyl (C=O) groups excluding carboxylic acids is 15. The first-order valence-corrected chi connectivity index (χ1v) is 57.5. The molecule has 27 atom stereocenters. The maximum Gasteiger partial charge on any atom is 0.407 e. The molecule has 9 saturated carbocycles. The zero-order valence-corrected chi connectivity index (χ0v) is 91.0. The summed E-state index contributed by atoms with van der Waals surface area (Å²) in [7, 11) is 8.31. The fourth-order valence-corrected chi connectivity index (χ4v) is 32.9. The molecule has 0 aromatic rings. The number of nitrogens with one attached hydrogen (secondary N) is 3. The highest BCUT2D eigenvalue weighted by molar-refractivity contribution is 8.77. The fourth-order valence-electron chi connectivity index (χ4n) is 25.9. The Labute approximate surface area is 867 Å². The molecule has 21 N–H and O–H groups in total. The van der Waals surface area contributed by atoms with Gasteiger partial charge in [0.15, 0.2) is 54.2 Å². The van der Waals surface area contributed by atoms with Crippen molar-refractivity contribution in [2.24, 2.45) is 138 Å². The third kappa shape index (κ3) is 24.1. The van der Waals surface area contributed by atoms with E-state index in [4.69, 9.17) is 48.6 Å². The number of ketones is 9. The summed E-state index contributed by atoms with van der Waals surface area (Å²) in [6, 6.07) is 0. The van der Waals surface area contributed by atoms with Crippen molar-refractivity contribution >= 4 is 153 Å². The van der Waals surface area contributed by atoms with Gasteiger partial charge in [0.1, 0.15) is 34.2 Å². The van der Waals surface area contributed by atoms with Crippen LogP contribution < -0.4 is 50.4 Å². The Bertz CT molecular complexity index is 4920. The molecule has 0 saturated heterocycles. The topological polar surface area (TPSA) is 597 Å². The largest absolute Gasteiger partial charge is 0.441 e. The highest BCUT2D eigenvalue weighted by atomic mass is 33.1. The van der Waals surface area contributed by atoms with E-state index in [1.807, 2.05) is 41.5 Å². The summed E-state index contributed by atoms with van der Waals surface area (Å²) in [6.45, 7) is 29.2. The van der Waals surface area contributed by atoms with E-state index in [2.05, 4.69) is 16.0 Å². The summed E-state index contributed by atoms with van der Waals surface area (Å²) in [6.07, 6.45) is 9.59. The van der Waals surface area contributed by atoms with Gasteiger partial charge in [-0.3, -0.25) is 57.5 Å². The Balaban J connectivity index is 0.000000285. The minimum atomic E-state index is -2.09. The van der Waals surface area contributed by atoms with Crippen LogP contribution in [0.25, 0.3) is 0 Å². The van der Waals surface area contributed by atoms with Gasteiger partial charge in [0.05, 0.1) is 49.8 Å². The van der Waals surface area contributed by atoms with Gasteiger partial charge in [-0.15, -0.1) is 0 Å². The van der Waals surface area contributed by atoms with Gasteiger partial charge in [0.2, 0.25) is 35.1 Å². The molecule has 42 heteroatoms. The number of allylic oxidation sites excluding steroid dienone is 12. The van der Waals surface area contributed by atoms with E-state index in [0.29, 0.717) is 110 Å². The second-order valence-electron chi connectivity index (χ2n) is 41.3. The number of hydrogen-bond acceptors (Lipinski definition) is 33. The maximum absolute atomic E-state index is 17.3. The van der Waals surface area contributed by atoms with Crippen LogP contribution in [-0.4, -0.2) is 263 Å². The lowest BCUT2D eigenvalue weighted by Crippen LogP contribution is -2.69. The van der Waals surface area contributed by atoms with Crippen molar-refractivity contribution in [3.05, 3.63) is 71.4 Å². The van der Waals surface area contributed by atoms with Crippen LogP contribution in [0.2, 0.25) is 0 Å². The normalized spacial score (nSPS) is 35.6. The number of fused-ring (bicyclic) bond motifs is 15. The lowest BCUT2D eigenvalue weighted by atomic mass is 9.44. The van der Waals surface area contributed by atoms with Gasteiger partial charge in [0, 0.05) is 129 Å². The molecule has 3 unspecified atom stereocenters. The van der Waals surface area contributed by atoms with Crippen LogP contribution in [0.5, 0.6) is 0 Å². The van der Waals surface area contributed by atoms with Crippen LogP contribution in [0, 0.1) is 104 Å². The molecule has 0 radical (unpaired) electrons. The van der Waals surface area contributed by atoms with E-state index in [9.17, 15) is 103 Å². The summed E-state index contributed by atoms with van der Waals surface area (Å²) in [5.41, 5.74) is 15.0. The predicted molar refractivity (Wildman–Crippen MR) is 553 cm³/mol. The monoisotopic (exact) mass is 2140 g/mol. The molecule has 0 aromatic heterocycles. The van der Waals surface area contributed by atoms with Crippen molar-refractivity contribution in [1.29, 1.82) is 0 Å². The second-order valence-corrected chi connectivity index (χ2v) is 49.7. The van der Waals surface area contributed by atoms with Crippen molar-refractivity contribution in [3.63, 3.8) is 0 Å². The average molecular weight is 2140 g/mol. The van der Waals surface area contributed by atoms with Crippen LogP contribution in [0.4, 0.5) is 27.6 Å².